The summed E-state index contributed by atoms with van der Waals surface area (Å²) in [6.45, 7) is 0.425. The minimum Gasteiger partial charge on any atom is -0.395 e. The number of aliphatic hydroxyl groups excluding tert-OH is 1. The normalized spacial score (nSPS) is 16.8. The molecule has 1 N–H and O–H groups in total. The van der Waals surface area contributed by atoms with Crippen LogP contribution in [0.15, 0.2) is 12.5 Å². The van der Waals surface area contributed by atoms with Crippen molar-refractivity contribution in [3.05, 3.63) is 18.2 Å². The third-order valence-corrected chi connectivity index (χ3v) is 3.65. The highest BCUT2D eigenvalue weighted by Crippen LogP contribution is 2.23. The van der Waals surface area contributed by atoms with E-state index in [4.69, 9.17) is 5.11 Å². The SMILES string of the molecule is Cn1cncc1C(=O)N(CCO)C1CCCCC1. The van der Waals surface area contributed by atoms with Crippen molar-refractivity contribution in [2.45, 2.75) is 38.1 Å². The molecule has 1 fully saturated rings. The van der Waals surface area contributed by atoms with Gasteiger partial charge in [0.1, 0.15) is 5.69 Å². The number of aliphatic hydroxyl groups is 1. The molecular formula is C13H21N3O2. The molecule has 1 aromatic rings. The van der Waals surface area contributed by atoms with Crippen LogP contribution in [-0.2, 0) is 7.05 Å². The highest BCUT2D eigenvalue weighted by atomic mass is 16.3. The number of aromatic nitrogens is 2. The van der Waals surface area contributed by atoms with Gasteiger partial charge in [-0.2, -0.15) is 0 Å². The Kier molecular flexibility index (Phi) is 4.36. The van der Waals surface area contributed by atoms with Crippen LogP contribution < -0.4 is 0 Å². The van der Waals surface area contributed by atoms with Gasteiger partial charge in [0.25, 0.3) is 5.91 Å². The Bertz CT molecular complexity index is 397. The number of imidazole rings is 1. The number of rotatable bonds is 4. The molecule has 18 heavy (non-hydrogen) atoms. The predicted octanol–water partition coefficient (Wildman–Crippen LogP) is 1.19. The van der Waals surface area contributed by atoms with E-state index in [0.717, 1.165) is 12.8 Å². The average Bonchev–Trinajstić information content (AvgIpc) is 2.82. The van der Waals surface area contributed by atoms with Crippen molar-refractivity contribution in [3.8, 4) is 0 Å². The van der Waals surface area contributed by atoms with Crippen LogP contribution in [0.1, 0.15) is 42.6 Å². The van der Waals surface area contributed by atoms with Crippen LogP contribution in [0.2, 0.25) is 0 Å². The minimum absolute atomic E-state index is 0.0140. The Balaban J connectivity index is 2.13. The van der Waals surface area contributed by atoms with Gasteiger partial charge in [0.2, 0.25) is 0 Å². The number of nitrogens with zero attached hydrogens (tertiary/aromatic N) is 3. The molecule has 1 aliphatic carbocycles. The summed E-state index contributed by atoms with van der Waals surface area (Å²) in [5.74, 6) is -0.0176. The zero-order chi connectivity index (χ0) is 13.0. The summed E-state index contributed by atoms with van der Waals surface area (Å²) in [4.78, 5) is 18.3. The van der Waals surface area contributed by atoms with E-state index in [1.807, 2.05) is 11.9 Å². The first-order chi connectivity index (χ1) is 8.74. The number of carbonyl (C=O) groups excluding carboxylic acids is 1. The molecule has 0 aliphatic heterocycles. The zero-order valence-electron chi connectivity index (χ0n) is 10.9. The third kappa shape index (κ3) is 2.72. The summed E-state index contributed by atoms with van der Waals surface area (Å²) in [5, 5.41) is 9.17. The topological polar surface area (TPSA) is 58.4 Å². The van der Waals surface area contributed by atoms with Gasteiger partial charge in [-0.05, 0) is 12.8 Å². The summed E-state index contributed by atoms with van der Waals surface area (Å²) in [7, 11) is 1.82. The zero-order valence-corrected chi connectivity index (χ0v) is 10.9. The molecule has 1 aromatic heterocycles. The Morgan fingerprint density at radius 2 is 2.22 bits per heavy atom. The van der Waals surface area contributed by atoms with Gasteiger partial charge in [-0.1, -0.05) is 19.3 Å². The molecule has 1 aliphatic rings. The van der Waals surface area contributed by atoms with E-state index < -0.39 is 0 Å². The lowest BCUT2D eigenvalue weighted by Gasteiger charge is -2.34. The molecule has 0 unspecified atom stereocenters. The standard InChI is InChI=1S/C13H21N3O2/c1-15-10-14-9-12(15)13(18)16(7-8-17)11-5-3-2-4-6-11/h9-11,17H,2-8H2,1H3. The molecule has 0 radical (unpaired) electrons. The first-order valence-electron chi connectivity index (χ1n) is 6.62. The van der Waals surface area contributed by atoms with Gasteiger partial charge < -0.3 is 14.6 Å². The van der Waals surface area contributed by atoms with E-state index in [-0.39, 0.29) is 18.6 Å². The van der Waals surface area contributed by atoms with Crippen LogP contribution >= 0.6 is 0 Å². The molecule has 100 valence electrons. The highest BCUT2D eigenvalue weighted by Gasteiger charge is 2.27. The second kappa shape index (κ2) is 6.00. The maximum absolute atomic E-state index is 12.5. The lowest BCUT2D eigenvalue weighted by Crippen LogP contribution is -2.43. The smallest absolute Gasteiger partial charge is 0.272 e. The van der Waals surface area contributed by atoms with Crippen LogP contribution in [0.5, 0.6) is 0 Å². The Labute approximate surface area is 107 Å². The van der Waals surface area contributed by atoms with E-state index in [1.54, 1.807) is 17.1 Å². The van der Waals surface area contributed by atoms with Crippen molar-refractivity contribution < 1.29 is 9.90 Å². The Morgan fingerprint density at radius 3 is 2.78 bits per heavy atom. The van der Waals surface area contributed by atoms with Crippen molar-refractivity contribution in [3.63, 3.8) is 0 Å². The summed E-state index contributed by atoms with van der Waals surface area (Å²) >= 11 is 0. The molecule has 0 aromatic carbocycles. The average molecular weight is 251 g/mol. The fourth-order valence-corrected chi connectivity index (χ4v) is 2.66. The van der Waals surface area contributed by atoms with E-state index in [2.05, 4.69) is 4.98 Å². The van der Waals surface area contributed by atoms with Crippen LogP contribution in [-0.4, -0.2) is 44.7 Å². The summed E-state index contributed by atoms with van der Waals surface area (Å²) in [6.07, 6.45) is 8.91. The Morgan fingerprint density at radius 1 is 1.50 bits per heavy atom. The minimum atomic E-state index is -0.0176. The second-order valence-electron chi connectivity index (χ2n) is 4.90. The van der Waals surface area contributed by atoms with Crippen molar-refractivity contribution >= 4 is 5.91 Å². The van der Waals surface area contributed by atoms with E-state index in [1.165, 1.54) is 19.3 Å². The highest BCUT2D eigenvalue weighted by molar-refractivity contribution is 5.92. The summed E-state index contributed by atoms with van der Waals surface area (Å²) in [5.41, 5.74) is 0.592. The molecule has 0 bridgehead atoms. The van der Waals surface area contributed by atoms with E-state index in [9.17, 15) is 4.79 Å². The quantitative estimate of drug-likeness (QED) is 0.874. The number of amides is 1. The van der Waals surface area contributed by atoms with Crippen LogP contribution in [0, 0.1) is 0 Å². The second-order valence-corrected chi connectivity index (χ2v) is 4.90. The van der Waals surface area contributed by atoms with Crippen molar-refractivity contribution in [1.29, 1.82) is 0 Å². The molecule has 1 saturated carbocycles. The third-order valence-electron chi connectivity index (χ3n) is 3.65. The fraction of sp³-hybridized carbons (Fsp3) is 0.692. The van der Waals surface area contributed by atoms with E-state index >= 15 is 0 Å². The molecule has 1 heterocycles. The number of aryl methyl sites for hydroxylation is 1. The maximum Gasteiger partial charge on any atom is 0.272 e. The fourth-order valence-electron chi connectivity index (χ4n) is 2.66. The molecule has 0 saturated heterocycles. The van der Waals surface area contributed by atoms with Gasteiger partial charge in [0.15, 0.2) is 0 Å². The molecular weight excluding hydrogens is 230 g/mol. The maximum atomic E-state index is 12.5. The monoisotopic (exact) mass is 251 g/mol. The molecule has 2 rings (SSSR count). The lowest BCUT2D eigenvalue weighted by atomic mass is 9.94. The van der Waals surface area contributed by atoms with Crippen molar-refractivity contribution in [1.82, 2.24) is 14.5 Å². The molecule has 5 heteroatoms. The molecule has 0 atom stereocenters. The van der Waals surface area contributed by atoms with Crippen LogP contribution in [0.3, 0.4) is 0 Å². The van der Waals surface area contributed by atoms with Gasteiger partial charge in [-0.3, -0.25) is 4.79 Å². The summed E-state index contributed by atoms with van der Waals surface area (Å²) in [6, 6.07) is 0.272. The molecule has 1 amide bonds. The largest absolute Gasteiger partial charge is 0.395 e. The van der Waals surface area contributed by atoms with Crippen LogP contribution in [0.4, 0.5) is 0 Å². The lowest BCUT2D eigenvalue weighted by molar-refractivity contribution is 0.0576. The van der Waals surface area contributed by atoms with Gasteiger partial charge in [-0.15, -0.1) is 0 Å². The first kappa shape index (κ1) is 13.1. The number of hydrogen-bond acceptors (Lipinski definition) is 3. The molecule has 5 nitrogen and oxygen atoms in total. The van der Waals surface area contributed by atoms with Crippen molar-refractivity contribution in [2.24, 2.45) is 7.05 Å². The van der Waals surface area contributed by atoms with Gasteiger partial charge in [0, 0.05) is 19.6 Å². The van der Waals surface area contributed by atoms with Gasteiger partial charge >= 0.3 is 0 Å². The van der Waals surface area contributed by atoms with E-state index in [0.29, 0.717) is 12.2 Å². The van der Waals surface area contributed by atoms with Gasteiger partial charge in [0.05, 0.1) is 19.1 Å². The Hall–Kier alpha value is -1.36. The first-order valence-corrected chi connectivity index (χ1v) is 6.62. The van der Waals surface area contributed by atoms with Crippen LogP contribution in [0.25, 0.3) is 0 Å². The number of hydrogen-bond donors (Lipinski definition) is 1. The van der Waals surface area contributed by atoms with Crippen molar-refractivity contribution in [2.75, 3.05) is 13.2 Å². The van der Waals surface area contributed by atoms with Gasteiger partial charge in [-0.25, -0.2) is 4.98 Å². The predicted molar refractivity (Wildman–Crippen MR) is 68.2 cm³/mol. The summed E-state index contributed by atoms with van der Waals surface area (Å²) < 4.78 is 1.73. The number of carbonyl (C=O) groups is 1. The molecule has 0 spiro atoms.